The van der Waals surface area contributed by atoms with Crippen molar-refractivity contribution >= 4 is 0 Å². The van der Waals surface area contributed by atoms with Crippen LogP contribution in [0.2, 0.25) is 0 Å². The van der Waals surface area contributed by atoms with Gasteiger partial charge >= 0.3 is 0 Å². The van der Waals surface area contributed by atoms with Crippen molar-refractivity contribution in [2.24, 2.45) is 0 Å². The molecule has 0 saturated carbocycles. The third-order valence-corrected chi connectivity index (χ3v) is 2.68. The van der Waals surface area contributed by atoms with E-state index in [1.54, 1.807) is 7.11 Å². The van der Waals surface area contributed by atoms with Crippen molar-refractivity contribution in [2.75, 3.05) is 40.1 Å². The summed E-state index contributed by atoms with van der Waals surface area (Å²) in [4.78, 5) is 0. The average molecular weight is 263 g/mol. The summed E-state index contributed by atoms with van der Waals surface area (Å²) in [7, 11) is 1.58. The Morgan fingerprint density at radius 3 is 2.56 bits per heavy atom. The van der Waals surface area contributed by atoms with Crippen LogP contribution in [-0.2, 0) is 9.47 Å². The van der Waals surface area contributed by atoms with E-state index in [2.05, 4.69) is 12.2 Å². The van der Waals surface area contributed by atoms with Crippen molar-refractivity contribution in [3.63, 3.8) is 0 Å². The summed E-state index contributed by atoms with van der Waals surface area (Å²) >= 11 is 0. The zero-order valence-electron chi connectivity index (χ0n) is 11.7. The minimum Gasteiger partial charge on any atom is -0.395 e. The maximum Gasteiger partial charge on any atom is 0.0897 e. The summed E-state index contributed by atoms with van der Waals surface area (Å²) in [5, 5.41) is 21.7. The molecule has 0 spiro atoms. The van der Waals surface area contributed by atoms with E-state index in [1.165, 1.54) is 19.3 Å². The van der Waals surface area contributed by atoms with Gasteiger partial charge in [-0.15, -0.1) is 0 Å². The van der Waals surface area contributed by atoms with E-state index in [1.807, 2.05) is 0 Å². The minimum absolute atomic E-state index is 0.00155. The van der Waals surface area contributed by atoms with Crippen LogP contribution in [0.1, 0.15) is 32.6 Å². The van der Waals surface area contributed by atoms with E-state index in [0.717, 1.165) is 6.42 Å². The number of rotatable bonds is 13. The van der Waals surface area contributed by atoms with Gasteiger partial charge in [-0.3, -0.25) is 0 Å². The van der Waals surface area contributed by atoms with Crippen LogP contribution in [0.4, 0.5) is 0 Å². The number of hydrogen-bond acceptors (Lipinski definition) is 5. The molecular weight excluding hydrogens is 234 g/mol. The highest BCUT2D eigenvalue weighted by molar-refractivity contribution is 4.67. The Morgan fingerprint density at radius 2 is 1.94 bits per heavy atom. The molecule has 0 aliphatic heterocycles. The van der Waals surface area contributed by atoms with E-state index in [0.29, 0.717) is 26.4 Å². The van der Waals surface area contributed by atoms with Crippen molar-refractivity contribution in [3.05, 3.63) is 0 Å². The highest BCUT2D eigenvalue weighted by Crippen LogP contribution is 1.99. The molecule has 0 saturated heterocycles. The van der Waals surface area contributed by atoms with Crippen LogP contribution >= 0.6 is 0 Å². The molecule has 0 bridgehead atoms. The van der Waals surface area contributed by atoms with Crippen molar-refractivity contribution in [3.8, 4) is 0 Å². The number of nitrogens with one attached hydrogen (secondary N) is 1. The van der Waals surface area contributed by atoms with Gasteiger partial charge in [-0.25, -0.2) is 0 Å². The highest BCUT2D eigenvalue weighted by atomic mass is 16.5. The molecule has 0 amide bonds. The lowest BCUT2D eigenvalue weighted by Gasteiger charge is -2.18. The molecule has 5 heteroatoms. The second-order valence-electron chi connectivity index (χ2n) is 4.53. The Kier molecular flexibility index (Phi) is 13.1. The lowest BCUT2D eigenvalue weighted by atomic mass is 10.2. The number of ether oxygens (including phenoxy) is 2. The second kappa shape index (κ2) is 13.2. The predicted octanol–water partition coefficient (Wildman–Crippen LogP) is 0.541. The van der Waals surface area contributed by atoms with Gasteiger partial charge in [0.15, 0.2) is 0 Å². The fourth-order valence-electron chi connectivity index (χ4n) is 1.59. The largest absolute Gasteiger partial charge is 0.395 e. The van der Waals surface area contributed by atoms with Gasteiger partial charge in [0.1, 0.15) is 0 Å². The first kappa shape index (κ1) is 17.8. The summed E-state index contributed by atoms with van der Waals surface area (Å²) in [6, 6.07) is -0.130. The highest BCUT2D eigenvalue weighted by Gasteiger charge is 2.09. The van der Waals surface area contributed by atoms with Crippen molar-refractivity contribution in [1.29, 1.82) is 0 Å². The van der Waals surface area contributed by atoms with Gasteiger partial charge in [0.25, 0.3) is 0 Å². The number of methoxy groups -OCH3 is 1. The van der Waals surface area contributed by atoms with Gasteiger partial charge in [0, 0.05) is 20.3 Å². The minimum atomic E-state index is -0.540. The van der Waals surface area contributed by atoms with E-state index in [-0.39, 0.29) is 12.6 Å². The lowest BCUT2D eigenvalue weighted by molar-refractivity contribution is 0.0301. The normalized spacial score (nSPS) is 14.7. The van der Waals surface area contributed by atoms with Crippen molar-refractivity contribution in [1.82, 2.24) is 5.32 Å². The van der Waals surface area contributed by atoms with Gasteiger partial charge < -0.3 is 25.0 Å². The molecule has 5 nitrogen and oxygen atoms in total. The van der Waals surface area contributed by atoms with Crippen LogP contribution in [0.5, 0.6) is 0 Å². The molecule has 0 fully saturated rings. The van der Waals surface area contributed by atoms with Crippen LogP contribution in [0.25, 0.3) is 0 Å². The van der Waals surface area contributed by atoms with Gasteiger partial charge in [0.2, 0.25) is 0 Å². The molecule has 0 aromatic carbocycles. The first-order chi connectivity index (χ1) is 8.74. The number of unbranched alkanes of at least 4 members (excludes halogenated alkanes) is 3. The summed E-state index contributed by atoms with van der Waals surface area (Å²) in [5.41, 5.74) is 0. The molecule has 0 aliphatic rings. The topological polar surface area (TPSA) is 71.0 Å². The number of aliphatic hydroxyl groups excluding tert-OH is 2. The van der Waals surface area contributed by atoms with Crippen LogP contribution in [0, 0.1) is 0 Å². The Bertz CT molecular complexity index is 169. The van der Waals surface area contributed by atoms with Crippen LogP contribution < -0.4 is 5.32 Å². The summed E-state index contributed by atoms with van der Waals surface area (Å²) < 4.78 is 10.3. The molecule has 0 aliphatic carbocycles. The Labute approximate surface area is 110 Å². The fraction of sp³-hybridized carbons (Fsp3) is 1.00. The predicted molar refractivity (Wildman–Crippen MR) is 71.7 cm³/mol. The van der Waals surface area contributed by atoms with E-state index >= 15 is 0 Å². The first-order valence-electron chi connectivity index (χ1n) is 6.83. The zero-order chi connectivity index (χ0) is 13.6. The Hall–Kier alpha value is -0.200. The van der Waals surface area contributed by atoms with E-state index < -0.39 is 6.10 Å². The Morgan fingerprint density at radius 1 is 1.17 bits per heavy atom. The molecule has 2 unspecified atom stereocenters. The zero-order valence-corrected chi connectivity index (χ0v) is 11.7. The quantitative estimate of drug-likeness (QED) is 0.423. The van der Waals surface area contributed by atoms with Gasteiger partial charge in [-0.1, -0.05) is 26.2 Å². The number of hydrogen-bond donors (Lipinski definition) is 3. The molecule has 0 heterocycles. The molecule has 18 heavy (non-hydrogen) atoms. The standard InChI is InChI=1S/C13H29NO4/c1-3-4-5-6-7-18-11-13(16)8-14-12(9-15)10-17-2/h12-16H,3-11H2,1-2H3. The van der Waals surface area contributed by atoms with Gasteiger partial charge in [0.05, 0.1) is 32.0 Å². The average Bonchev–Trinajstić information content (AvgIpc) is 2.38. The summed E-state index contributed by atoms with van der Waals surface area (Å²) in [6.45, 7) is 4.06. The van der Waals surface area contributed by atoms with E-state index in [4.69, 9.17) is 14.6 Å². The molecule has 0 aromatic heterocycles. The van der Waals surface area contributed by atoms with Crippen LogP contribution in [-0.4, -0.2) is 62.4 Å². The molecule has 0 rings (SSSR count). The van der Waals surface area contributed by atoms with Crippen LogP contribution in [0.15, 0.2) is 0 Å². The van der Waals surface area contributed by atoms with Crippen LogP contribution in [0.3, 0.4) is 0 Å². The third kappa shape index (κ3) is 10.9. The molecule has 110 valence electrons. The molecule has 0 radical (unpaired) electrons. The summed E-state index contributed by atoms with van der Waals surface area (Å²) in [5.74, 6) is 0. The number of aliphatic hydroxyl groups is 2. The molecular formula is C13H29NO4. The Balaban J connectivity index is 3.38. The van der Waals surface area contributed by atoms with Gasteiger partial charge in [-0.05, 0) is 6.42 Å². The van der Waals surface area contributed by atoms with Gasteiger partial charge in [-0.2, -0.15) is 0 Å². The molecule has 3 N–H and O–H groups in total. The maximum atomic E-state index is 9.65. The second-order valence-corrected chi connectivity index (χ2v) is 4.53. The first-order valence-corrected chi connectivity index (χ1v) is 6.83. The maximum absolute atomic E-state index is 9.65. The van der Waals surface area contributed by atoms with Crippen molar-refractivity contribution in [2.45, 2.75) is 44.8 Å². The lowest BCUT2D eigenvalue weighted by Crippen LogP contribution is -2.42. The van der Waals surface area contributed by atoms with E-state index in [9.17, 15) is 5.11 Å². The van der Waals surface area contributed by atoms with Crippen molar-refractivity contribution < 1.29 is 19.7 Å². The molecule has 0 aromatic rings. The monoisotopic (exact) mass is 263 g/mol. The fourth-order valence-corrected chi connectivity index (χ4v) is 1.59. The molecule has 2 atom stereocenters. The SMILES string of the molecule is CCCCCCOCC(O)CNC(CO)COC. The summed E-state index contributed by atoms with van der Waals surface area (Å²) in [6.07, 6.45) is 4.15. The smallest absolute Gasteiger partial charge is 0.0897 e. The third-order valence-electron chi connectivity index (χ3n) is 2.68.